The molecule has 0 radical (unpaired) electrons. The van der Waals surface area contributed by atoms with E-state index in [1.54, 1.807) is 30.3 Å². The predicted octanol–water partition coefficient (Wildman–Crippen LogP) is 2.67. The highest BCUT2D eigenvalue weighted by molar-refractivity contribution is 9.10. The number of sulfone groups is 1. The fraction of sp³-hybridized carbons (Fsp3) is 0.0714. The maximum Gasteiger partial charge on any atom is 0.193 e. The number of carbonyl (C=O) groups excluding carboxylic acids is 1. The van der Waals surface area contributed by atoms with Gasteiger partial charge in [-0.15, -0.1) is 0 Å². The van der Waals surface area contributed by atoms with E-state index in [0.717, 1.165) is 6.26 Å². The summed E-state index contributed by atoms with van der Waals surface area (Å²) in [6, 6.07) is 10.8. The van der Waals surface area contributed by atoms with E-state index < -0.39 is 9.84 Å². The number of carbonyl (C=O) groups is 1. The summed E-state index contributed by atoms with van der Waals surface area (Å²) < 4.78 is 23.6. The van der Waals surface area contributed by atoms with Crippen molar-refractivity contribution in [2.75, 3.05) is 12.0 Å². The summed E-state index contributed by atoms with van der Waals surface area (Å²) in [5.41, 5.74) is 6.97. The third kappa shape index (κ3) is 3.08. The maximum atomic E-state index is 12.3. The zero-order chi connectivity index (χ0) is 14.9. The van der Waals surface area contributed by atoms with Gasteiger partial charge in [0.1, 0.15) is 0 Å². The molecule has 0 aliphatic carbocycles. The summed E-state index contributed by atoms with van der Waals surface area (Å²) in [5, 5.41) is 0. The molecule has 0 fully saturated rings. The van der Waals surface area contributed by atoms with Gasteiger partial charge in [-0.1, -0.05) is 12.1 Å². The lowest BCUT2D eigenvalue weighted by molar-refractivity contribution is 0.103. The fourth-order valence-electron chi connectivity index (χ4n) is 1.70. The summed E-state index contributed by atoms with van der Waals surface area (Å²) in [6.45, 7) is 0. The molecule has 0 atom stereocenters. The zero-order valence-electron chi connectivity index (χ0n) is 10.6. The van der Waals surface area contributed by atoms with Crippen LogP contribution in [0, 0.1) is 0 Å². The molecule has 0 aliphatic heterocycles. The van der Waals surface area contributed by atoms with Crippen molar-refractivity contribution in [1.29, 1.82) is 0 Å². The molecule has 20 heavy (non-hydrogen) atoms. The fourth-order valence-corrected chi connectivity index (χ4v) is 2.75. The highest BCUT2D eigenvalue weighted by atomic mass is 79.9. The van der Waals surface area contributed by atoms with E-state index in [2.05, 4.69) is 15.9 Å². The quantitative estimate of drug-likeness (QED) is 0.679. The van der Waals surface area contributed by atoms with E-state index >= 15 is 0 Å². The van der Waals surface area contributed by atoms with Gasteiger partial charge in [0.15, 0.2) is 15.6 Å². The molecule has 0 bridgehead atoms. The second-order valence-electron chi connectivity index (χ2n) is 4.37. The number of halogens is 1. The third-order valence-electron chi connectivity index (χ3n) is 2.79. The SMILES string of the molecule is CS(=O)(=O)c1cccc(C(=O)c2ccc(N)c(Br)c2)c1. The number of anilines is 1. The molecular weight excluding hydrogens is 342 g/mol. The first-order valence-corrected chi connectivity index (χ1v) is 8.37. The van der Waals surface area contributed by atoms with Crippen molar-refractivity contribution < 1.29 is 13.2 Å². The van der Waals surface area contributed by atoms with Crippen molar-refractivity contribution >= 4 is 37.2 Å². The minimum atomic E-state index is -3.34. The number of nitrogens with two attached hydrogens (primary N) is 1. The van der Waals surface area contributed by atoms with Crippen LogP contribution in [0.15, 0.2) is 51.8 Å². The van der Waals surface area contributed by atoms with Crippen LogP contribution in [-0.2, 0) is 9.84 Å². The minimum Gasteiger partial charge on any atom is -0.398 e. The van der Waals surface area contributed by atoms with Gasteiger partial charge in [-0.05, 0) is 46.3 Å². The molecule has 0 amide bonds. The topological polar surface area (TPSA) is 77.2 Å². The Morgan fingerprint density at radius 2 is 1.75 bits per heavy atom. The number of hydrogen-bond donors (Lipinski definition) is 1. The standard InChI is InChI=1S/C14H12BrNO3S/c1-20(18,19)11-4-2-3-9(7-11)14(17)10-5-6-13(16)12(15)8-10/h2-8H,16H2,1H3. The van der Waals surface area contributed by atoms with E-state index in [-0.39, 0.29) is 10.7 Å². The van der Waals surface area contributed by atoms with Crippen molar-refractivity contribution in [2.24, 2.45) is 0 Å². The maximum absolute atomic E-state index is 12.3. The number of nitrogen functional groups attached to an aromatic ring is 1. The van der Waals surface area contributed by atoms with Crippen molar-refractivity contribution in [3.63, 3.8) is 0 Å². The Hall–Kier alpha value is -1.66. The van der Waals surface area contributed by atoms with Gasteiger partial charge in [-0.2, -0.15) is 0 Å². The van der Waals surface area contributed by atoms with Crippen molar-refractivity contribution in [1.82, 2.24) is 0 Å². The lowest BCUT2D eigenvalue weighted by atomic mass is 10.0. The molecule has 104 valence electrons. The Bertz CT molecular complexity index is 785. The van der Waals surface area contributed by atoms with Gasteiger partial charge in [-0.25, -0.2) is 8.42 Å². The van der Waals surface area contributed by atoms with Crippen molar-refractivity contribution in [2.45, 2.75) is 4.90 Å². The van der Waals surface area contributed by atoms with Crippen LogP contribution in [-0.4, -0.2) is 20.5 Å². The van der Waals surface area contributed by atoms with Gasteiger partial charge in [0, 0.05) is 27.5 Å². The van der Waals surface area contributed by atoms with Gasteiger partial charge < -0.3 is 5.73 Å². The minimum absolute atomic E-state index is 0.123. The molecule has 6 heteroatoms. The largest absolute Gasteiger partial charge is 0.398 e. The van der Waals surface area contributed by atoms with Crippen LogP contribution in [0.4, 0.5) is 5.69 Å². The molecule has 0 heterocycles. The number of hydrogen-bond acceptors (Lipinski definition) is 4. The monoisotopic (exact) mass is 353 g/mol. The van der Waals surface area contributed by atoms with Crippen LogP contribution >= 0.6 is 15.9 Å². The zero-order valence-corrected chi connectivity index (χ0v) is 13.0. The molecule has 2 aromatic carbocycles. The first kappa shape index (κ1) is 14.7. The Morgan fingerprint density at radius 1 is 1.10 bits per heavy atom. The van der Waals surface area contributed by atoms with Crippen molar-refractivity contribution in [3.8, 4) is 0 Å². The predicted molar refractivity (Wildman–Crippen MR) is 81.5 cm³/mol. The average Bonchev–Trinajstić information content (AvgIpc) is 2.40. The van der Waals surface area contributed by atoms with E-state index in [1.807, 2.05) is 0 Å². The molecule has 4 nitrogen and oxygen atoms in total. The molecule has 0 aromatic heterocycles. The summed E-state index contributed by atoms with van der Waals surface area (Å²) in [6.07, 6.45) is 1.11. The molecule has 0 unspecified atom stereocenters. The van der Waals surface area contributed by atoms with E-state index in [4.69, 9.17) is 5.73 Å². The third-order valence-corrected chi connectivity index (χ3v) is 4.58. The molecule has 2 N–H and O–H groups in total. The van der Waals surface area contributed by atoms with Gasteiger partial charge in [0.05, 0.1) is 4.90 Å². The van der Waals surface area contributed by atoms with Crippen LogP contribution < -0.4 is 5.73 Å². The first-order valence-electron chi connectivity index (χ1n) is 5.69. The Balaban J connectivity index is 2.46. The Labute approximate surface area is 125 Å². The van der Waals surface area contributed by atoms with Gasteiger partial charge in [0.25, 0.3) is 0 Å². The highest BCUT2D eigenvalue weighted by Gasteiger charge is 2.14. The van der Waals surface area contributed by atoms with Crippen LogP contribution in [0.1, 0.15) is 15.9 Å². The van der Waals surface area contributed by atoms with E-state index in [0.29, 0.717) is 21.3 Å². The summed E-state index contributed by atoms with van der Waals surface area (Å²) in [4.78, 5) is 12.5. The summed E-state index contributed by atoms with van der Waals surface area (Å²) >= 11 is 3.26. The van der Waals surface area contributed by atoms with Gasteiger partial charge in [-0.3, -0.25) is 4.79 Å². The Kier molecular flexibility index (Phi) is 3.96. The number of ketones is 1. The first-order chi connectivity index (χ1) is 9.29. The molecule has 0 saturated heterocycles. The normalized spacial score (nSPS) is 11.3. The van der Waals surface area contributed by atoms with Crippen LogP contribution in [0.5, 0.6) is 0 Å². The van der Waals surface area contributed by atoms with E-state index in [1.165, 1.54) is 12.1 Å². The number of benzene rings is 2. The average molecular weight is 354 g/mol. The van der Waals surface area contributed by atoms with Crippen LogP contribution in [0.25, 0.3) is 0 Å². The van der Waals surface area contributed by atoms with E-state index in [9.17, 15) is 13.2 Å². The van der Waals surface area contributed by atoms with Crippen molar-refractivity contribution in [3.05, 3.63) is 58.1 Å². The Morgan fingerprint density at radius 3 is 2.35 bits per heavy atom. The molecule has 2 aromatic rings. The molecule has 2 rings (SSSR count). The second-order valence-corrected chi connectivity index (χ2v) is 7.24. The smallest absolute Gasteiger partial charge is 0.193 e. The lowest BCUT2D eigenvalue weighted by Gasteiger charge is -2.05. The second kappa shape index (κ2) is 5.38. The molecule has 0 aliphatic rings. The van der Waals surface area contributed by atoms with Gasteiger partial charge in [0.2, 0.25) is 0 Å². The molecule has 0 spiro atoms. The van der Waals surface area contributed by atoms with Crippen LogP contribution in [0.3, 0.4) is 0 Å². The molecular formula is C14H12BrNO3S. The number of rotatable bonds is 3. The van der Waals surface area contributed by atoms with Gasteiger partial charge >= 0.3 is 0 Å². The molecule has 0 saturated carbocycles. The highest BCUT2D eigenvalue weighted by Crippen LogP contribution is 2.22. The summed E-state index contributed by atoms with van der Waals surface area (Å²) in [5.74, 6) is -0.254. The lowest BCUT2D eigenvalue weighted by Crippen LogP contribution is -2.04. The van der Waals surface area contributed by atoms with Crippen LogP contribution in [0.2, 0.25) is 0 Å². The summed E-state index contributed by atoms with van der Waals surface area (Å²) in [7, 11) is -3.34.